The number of nitrogens with zero attached hydrogens (tertiary/aromatic N) is 1. The van der Waals surface area contributed by atoms with Crippen LogP contribution in [-0.4, -0.2) is 12.8 Å². The van der Waals surface area contributed by atoms with Gasteiger partial charge in [-0.15, -0.1) is 0 Å². The van der Waals surface area contributed by atoms with E-state index in [-0.39, 0.29) is 5.82 Å². The zero-order valence-corrected chi connectivity index (χ0v) is 12.1. The highest BCUT2D eigenvalue weighted by molar-refractivity contribution is 9.10. The monoisotopic (exact) mass is 313 g/mol. The number of aliphatic imine (C=N–C) groups is 1. The second-order valence-electron chi connectivity index (χ2n) is 3.95. The van der Waals surface area contributed by atoms with Crippen LogP contribution in [0.4, 0.5) is 10.1 Å². The van der Waals surface area contributed by atoms with E-state index in [2.05, 4.69) is 26.2 Å². The van der Waals surface area contributed by atoms with Gasteiger partial charge < -0.3 is 11.1 Å². The highest BCUT2D eigenvalue weighted by atomic mass is 79.9. The van der Waals surface area contributed by atoms with Crippen LogP contribution in [0.15, 0.2) is 39.6 Å². The minimum absolute atomic E-state index is 0.285. The Labute approximate surface area is 115 Å². The molecule has 0 saturated carbocycles. The number of nitrogens with two attached hydrogens (primary N) is 1. The Hall–Kier alpha value is -1.36. The van der Waals surface area contributed by atoms with E-state index >= 15 is 0 Å². The molecule has 0 aliphatic heterocycles. The highest BCUT2D eigenvalue weighted by Crippen LogP contribution is 2.20. The maximum absolute atomic E-state index is 13.0. The van der Waals surface area contributed by atoms with Gasteiger partial charge in [0.05, 0.1) is 4.47 Å². The number of anilines is 1. The Balaban J connectivity index is 2.54. The third-order valence-corrected chi connectivity index (χ3v) is 3.11. The van der Waals surface area contributed by atoms with Crippen molar-refractivity contribution in [2.45, 2.75) is 19.8 Å². The lowest BCUT2D eigenvalue weighted by Crippen LogP contribution is -2.03. The van der Waals surface area contributed by atoms with Crippen LogP contribution >= 0.6 is 15.9 Å². The van der Waals surface area contributed by atoms with Gasteiger partial charge in [-0.3, -0.25) is 4.99 Å². The summed E-state index contributed by atoms with van der Waals surface area (Å²) in [6.45, 7) is 1.97. The molecule has 0 aliphatic rings. The van der Waals surface area contributed by atoms with Crippen molar-refractivity contribution in [3.8, 4) is 0 Å². The number of rotatable bonds is 5. The molecule has 0 heterocycles. The summed E-state index contributed by atoms with van der Waals surface area (Å²) in [4.78, 5) is 4.07. The standard InChI is InChI=1S/C13H17BrFN3/c1-9(17-2)3-4-10(16)8-18-11-5-6-13(15)12(14)7-11/h5-8,18H,3-4,16H2,1-2H3/b10-8-,17-9?. The average Bonchev–Trinajstić information content (AvgIpc) is 2.37. The van der Waals surface area contributed by atoms with Crippen LogP contribution < -0.4 is 11.1 Å². The molecule has 0 fully saturated rings. The summed E-state index contributed by atoms with van der Waals surface area (Å²) in [6.07, 6.45) is 3.31. The summed E-state index contributed by atoms with van der Waals surface area (Å²) in [5.74, 6) is -0.285. The molecule has 0 aliphatic carbocycles. The summed E-state index contributed by atoms with van der Waals surface area (Å²) in [7, 11) is 1.77. The first kappa shape index (κ1) is 14.7. The number of benzene rings is 1. The number of allylic oxidation sites excluding steroid dienone is 1. The number of hydrogen-bond acceptors (Lipinski definition) is 3. The molecule has 0 spiro atoms. The van der Waals surface area contributed by atoms with Crippen LogP contribution in [0, 0.1) is 5.82 Å². The van der Waals surface area contributed by atoms with E-state index in [1.165, 1.54) is 6.07 Å². The molecule has 18 heavy (non-hydrogen) atoms. The van der Waals surface area contributed by atoms with Gasteiger partial charge in [0.15, 0.2) is 0 Å². The van der Waals surface area contributed by atoms with Crippen LogP contribution in [0.25, 0.3) is 0 Å². The minimum atomic E-state index is -0.285. The van der Waals surface area contributed by atoms with Crippen molar-refractivity contribution in [3.05, 3.63) is 40.4 Å². The molecule has 3 N–H and O–H groups in total. The zero-order chi connectivity index (χ0) is 13.5. The maximum Gasteiger partial charge on any atom is 0.137 e. The van der Waals surface area contributed by atoms with E-state index in [0.717, 1.165) is 29.9 Å². The van der Waals surface area contributed by atoms with Crippen LogP contribution in [0.5, 0.6) is 0 Å². The van der Waals surface area contributed by atoms with Gasteiger partial charge in [-0.25, -0.2) is 4.39 Å². The van der Waals surface area contributed by atoms with Crippen LogP contribution in [0.2, 0.25) is 0 Å². The summed E-state index contributed by atoms with van der Waals surface area (Å²) < 4.78 is 13.4. The smallest absolute Gasteiger partial charge is 0.137 e. The van der Waals surface area contributed by atoms with E-state index in [1.807, 2.05) is 6.92 Å². The van der Waals surface area contributed by atoms with Gasteiger partial charge >= 0.3 is 0 Å². The van der Waals surface area contributed by atoms with Crippen molar-refractivity contribution >= 4 is 27.3 Å². The SMILES string of the molecule is CN=C(C)CC/C(N)=C/Nc1ccc(F)c(Br)c1. The third-order valence-electron chi connectivity index (χ3n) is 2.50. The minimum Gasteiger partial charge on any atom is -0.401 e. The van der Waals surface area contributed by atoms with Gasteiger partial charge in [0.2, 0.25) is 0 Å². The van der Waals surface area contributed by atoms with Crippen LogP contribution in [0.1, 0.15) is 19.8 Å². The summed E-state index contributed by atoms with van der Waals surface area (Å²) in [5, 5.41) is 3.03. The largest absolute Gasteiger partial charge is 0.401 e. The van der Waals surface area contributed by atoms with Gasteiger partial charge in [0.25, 0.3) is 0 Å². The lowest BCUT2D eigenvalue weighted by atomic mass is 10.2. The first-order valence-electron chi connectivity index (χ1n) is 5.61. The van der Waals surface area contributed by atoms with Gasteiger partial charge in [0, 0.05) is 30.3 Å². The molecule has 5 heteroatoms. The molecule has 1 aromatic carbocycles. The fourth-order valence-electron chi connectivity index (χ4n) is 1.27. The topological polar surface area (TPSA) is 50.4 Å². The fraction of sp³-hybridized carbons (Fsp3) is 0.308. The fourth-order valence-corrected chi connectivity index (χ4v) is 1.65. The number of halogens is 2. The van der Waals surface area contributed by atoms with Crippen molar-refractivity contribution in [2.24, 2.45) is 10.7 Å². The predicted octanol–water partition coefficient (Wildman–Crippen LogP) is 3.67. The molecule has 1 rings (SSSR count). The molecule has 98 valence electrons. The van der Waals surface area contributed by atoms with E-state index in [9.17, 15) is 4.39 Å². The zero-order valence-electron chi connectivity index (χ0n) is 10.5. The predicted molar refractivity (Wildman–Crippen MR) is 78.3 cm³/mol. The second kappa shape index (κ2) is 7.16. The van der Waals surface area contributed by atoms with Crippen LogP contribution in [-0.2, 0) is 0 Å². The van der Waals surface area contributed by atoms with Gasteiger partial charge in [0.1, 0.15) is 5.82 Å². The molecule has 0 bridgehead atoms. The Kier molecular flexibility index (Phi) is 5.85. The molecular formula is C13H17BrFN3. The summed E-state index contributed by atoms with van der Waals surface area (Å²) in [5.41, 5.74) is 8.43. The van der Waals surface area contributed by atoms with Crippen LogP contribution in [0.3, 0.4) is 0 Å². The molecule has 3 nitrogen and oxygen atoms in total. The van der Waals surface area contributed by atoms with Crippen molar-refractivity contribution in [1.29, 1.82) is 0 Å². The van der Waals surface area contributed by atoms with Crippen molar-refractivity contribution in [2.75, 3.05) is 12.4 Å². The molecule has 0 aromatic heterocycles. The van der Waals surface area contributed by atoms with E-state index in [0.29, 0.717) is 4.47 Å². The maximum atomic E-state index is 13.0. The quantitative estimate of drug-likeness (QED) is 0.815. The molecule has 1 aromatic rings. The lowest BCUT2D eigenvalue weighted by molar-refractivity contribution is 0.621. The van der Waals surface area contributed by atoms with Gasteiger partial charge in [-0.1, -0.05) is 0 Å². The first-order valence-corrected chi connectivity index (χ1v) is 6.40. The van der Waals surface area contributed by atoms with E-state index in [1.54, 1.807) is 25.4 Å². The van der Waals surface area contributed by atoms with Crippen molar-refractivity contribution in [3.63, 3.8) is 0 Å². The Bertz CT molecular complexity index is 469. The Morgan fingerprint density at radius 2 is 2.22 bits per heavy atom. The van der Waals surface area contributed by atoms with Crippen molar-refractivity contribution in [1.82, 2.24) is 0 Å². The third kappa shape index (κ3) is 4.87. The number of hydrogen-bond donors (Lipinski definition) is 2. The van der Waals surface area contributed by atoms with Gasteiger partial charge in [-0.2, -0.15) is 0 Å². The Morgan fingerprint density at radius 1 is 1.50 bits per heavy atom. The molecule has 0 atom stereocenters. The summed E-state index contributed by atoms with van der Waals surface area (Å²) >= 11 is 3.13. The number of nitrogens with one attached hydrogen (secondary N) is 1. The van der Waals surface area contributed by atoms with E-state index < -0.39 is 0 Å². The second-order valence-corrected chi connectivity index (χ2v) is 4.81. The normalized spacial score (nSPS) is 12.7. The Morgan fingerprint density at radius 3 is 2.83 bits per heavy atom. The summed E-state index contributed by atoms with van der Waals surface area (Å²) in [6, 6.07) is 4.71. The van der Waals surface area contributed by atoms with Gasteiger partial charge in [-0.05, 0) is 53.9 Å². The molecular weight excluding hydrogens is 297 g/mol. The molecule has 0 radical (unpaired) electrons. The highest BCUT2D eigenvalue weighted by Gasteiger charge is 1.99. The van der Waals surface area contributed by atoms with Crippen molar-refractivity contribution < 1.29 is 4.39 Å². The molecule has 0 unspecified atom stereocenters. The molecule has 0 saturated heterocycles. The van der Waals surface area contributed by atoms with E-state index in [4.69, 9.17) is 5.73 Å². The lowest BCUT2D eigenvalue weighted by Gasteiger charge is -2.05. The average molecular weight is 314 g/mol. The molecule has 0 amide bonds. The first-order chi connectivity index (χ1) is 8.52.